The van der Waals surface area contributed by atoms with Crippen molar-refractivity contribution in [2.75, 3.05) is 11.9 Å². The number of Topliss-reactive ketones (excluding diaryl/α,β-unsaturated/α-hetero) is 1. The van der Waals surface area contributed by atoms with Crippen molar-refractivity contribution in [3.8, 4) is 11.8 Å². The van der Waals surface area contributed by atoms with Crippen LogP contribution < -0.4 is 5.32 Å². The van der Waals surface area contributed by atoms with E-state index in [0.29, 0.717) is 23.7 Å². The Hall–Kier alpha value is -2.67. The third-order valence-corrected chi connectivity index (χ3v) is 4.34. The molecule has 4 nitrogen and oxygen atoms in total. The first-order valence-corrected chi connectivity index (χ1v) is 9.87. The zero-order chi connectivity index (χ0) is 20.6. The molecule has 28 heavy (non-hydrogen) atoms. The number of hydrogen-bond acceptors (Lipinski definition) is 4. The van der Waals surface area contributed by atoms with Gasteiger partial charge in [0.05, 0.1) is 5.56 Å². The molecule has 4 heteroatoms. The molecule has 1 N–H and O–H groups in total. The van der Waals surface area contributed by atoms with Crippen molar-refractivity contribution in [3.05, 3.63) is 53.3 Å². The standard InChI is InChI=1S/C24H31N3O/c1-18(14-19(2)28)15-21-9-6-20(7-10-21)8-11-22-16-26-23(27-17-22)25-13-12-24(3,4)5/h6-7,9-10,16-18H,12-15H2,1-5H3,(H,25,26,27). The van der Waals surface area contributed by atoms with E-state index in [1.165, 1.54) is 5.56 Å². The second-order valence-corrected chi connectivity index (χ2v) is 8.70. The van der Waals surface area contributed by atoms with Gasteiger partial charge in [0.2, 0.25) is 5.95 Å². The van der Waals surface area contributed by atoms with Crippen molar-refractivity contribution >= 4 is 11.7 Å². The fraction of sp³-hybridized carbons (Fsp3) is 0.458. The molecule has 1 aromatic heterocycles. The summed E-state index contributed by atoms with van der Waals surface area (Å²) in [4.78, 5) is 19.9. The van der Waals surface area contributed by atoms with Crippen LogP contribution >= 0.6 is 0 Å². The molecule has 0 saturated carbocycles. The Morgan fingerprint density at radius 2 is 1.68 bits per heavy atom. The minimum Gasteiger partial charge on any atom is -0.354 e. The van der Waals surface area contributed by atoms with Gasteiger partial charge in [0.15, 0.2) is 0 Å². The zero-order valence-electron chi connectivity index (χ0n) is 17.7. The lowest BCUT2D eigenvalue weighted by molar-refractivity contribution is -0.117. The summed E-state index contributed by atoms with van der Waals surface area (Å²) in [6.45, 7) is 11.3. The topological polar surface area (TPSA) is 54.9 Å². The molecule has 0 aliphatic carbocycles. The molecule has 0 fully saturated rings. The summed E-state index contributed by atoms with van der Waals surface area (Å²) in [6.07, 6.45) is 6.09. The molecule has 0 aliphatic rings. The number of rotatable bonds is 7. The summed E-state index contributed by atoms with van der Waals surface area (Å²) in [6, 6.07) is 8.21. The first kappa shape index (κ1) is 21.6. The molecule has 1 unspecified atom stereocenters. The van der Waals surface area contributed by atoms with Gasteiger partial charge in [-0.1, -0.05) is 51.7 Å². The van der Waals surface area contributed by atoms with Crippen molar-refractivity contribution in [1.82, 2.24) is 9.97 Å². The van der Waals surface area contributed by atoms with Gasteiger partial charge >= 0.3 is 0 Å². The number of benzene rings is 1. The van der Waals surface area contributed by atoms with E-state index in [9.17, 15) is 4.79 Å². The summed E-state index contributed by atoms with van der Waals surface area (Å²) < 4.78 is 0. The molecule has 0 aliphatic heterocycles. The Labute approximate surface area is 169 Å². The largest absolute Gasteiger partial charge is 0.354 e. The molecule has 2 rings (SSSR count). The second-order valence-electron chi connectivity index (χ2n) is 8.70. The van der Waals surface area contributed by atoms with Crippen LogP contribution in [0.3, 0.4) is 0 Å². The number of carbonyl (C=O) groups excluding carboxylic acids is 1. The molecule has 1 heterocycles. The molecular weight excluding hydrogens is 346 g/mol. The van der Waals surface area contributed by atoms with E-state index in [-0.39, 0.29) is 5.78 Å². The highest BCUT2D eigenvalue weighted by molar-refractivity contribution is 5.75. The van der Waals surface area contributed by atoms with Crippen molar-refractivity contribution in [3.63, 3.8) is 0 Å². The minimum absolute atomic E-state index is 0.243. The van der Waals surface area contributed by atoms with Gasteiger partial charge in [0, 0.05) is 30.9 Å². The van der Waals surface area contributed by atoms with Gasteiger partial charge in [-0.25, -0.2) is 9.97 Å². The van der Waals surface area contributed by atoms with Gasteiger partial charge in [-0.15, -0.1) is 0 Å². The van der Waals surface area contributed by atoms with Gasteiger partial charge in [-0.05, 0) is 48.8 Å². The fourth-order valence-corrected chi connectivity index (χ4v) is 2.87. The summed E-state index contributed by atoms with van der Waals surface area (Å²) in [5, 5.41) is 3.24. The van der Waals surface area contributed by atoms with Crippen LogP contribution in [-0.4, -0.2) is 22.3 Å². The Morgan fingerprint density at radius 3 is 2.25 bits per heavy atom. The fourth-order valence-electron chi connectivity index (χ4n) is 2.87. The molecule has 0 bridgehead atoms. The van der Waals surface area contributed by atoms with Crippen molar-refractivity contribution in [2.24, 2.45) is 11.3 Å². The van der Waals surface area contributed by atoms with Crippen LogP contribution in [0.15, 0.2) is 36.7 Å². The first-order valence-electron chi connectivity index (χ1n) is 9.87. The van der Waals surface area contributed by atoms with E-state index in [2.05, 4.69) is 67.0 Å². The molecule has 1 aromatic carbocycles. The van der Waals surface area contributed by atoms with Crippen LogP contribution in [0.5, 0.6) is 0 Å². The van der Waals surface area contributed by atoms with E-state index in [0.717, 1.165) is 30.5 Å². The molecule has 0 amide bonds. The molecular formula is C24H31N3O. The lowest BCUT2D eigenvalue weighted by atomic mass is 9.92. The van der Waals surface area contributed by atoms with Crippen LogP contribution in [0, 0.1) is 23.2 Å². The highest BCUT2D eigenvalue weighted by Gasteiger charge is 2.09. The number of carbonyl (C=O) groups is 1. The molecule has 0 saturated heterocycles. The lowest BCUT2D eigenvalue weighted by Crippen LogP contribution is -2.14. The monoisotopic (exact) mass is 377 g/mol. The predicted molar refractivity (Wildman–Crippen MR) is 115 cm³/mol. The maximum atomic E-state index is 11.2. The number of nitrogens with one attached hydrogen (secondary N) is 1. The van der Waals surface area contributed by atoms with Crippen LogP contribution in [0.25, 0.3) is 0 Å². The normalized spacial score (nSPS) is 12.0. The number of aromatic nitrogens is 2. The maximum absolute atomic E-state index is 11.2. The Balaban J connectivity index is 1.89. The molecule has 0 radical (unpaired) electrons. The smallest absolute Gasteiger partial charge is 0.222 e. The van der Waals surface area contributed by atoms with Crippen LogP contribution in [0.2, 0.25) is 0 Å². The Bertz CT molecular complexity index is 821. The van der Waals surface area contributed by atoms with E-state index < -0.39 is 0 Å². The number of anilines is 1. The average molecular weight is 378 g/mol. The summed E-state index contributed by atoms with van der Waals surface area (Å²) >= 11 is 0. The minimum atomic E-state index is 0.243. The van der Waals surface area contributed by atoms with Crippen LogP contribution in [0.4, 0.5) is 5.95 Å². The highest BCUT2D eigenvalue weighted by Crippen LogP contribution is 2.18. The third-order valence-electron chi connectivity index (χ3n) is 4.34. The van der Waals surface area contributed by atoms with Crippen LogP contribution in [0.1, 0.15) is 64.2 Å². The number of hydrogen-bond donors (Lipinski definition) is 1. The summed E-state index contributed by atoms with van der Waals surface area (Å²) in [5.74, 6) is 7.50. The maximum Gasteiger partial charge on any atom is 0.222 e. The van der Waals surface area contributed by atoms with Crippen molar-refractivity contribution < 1.29 is 4.79 Å². The van der Waals surface area contributed by atoms with Gasteiger partial charge < -0.3 is 10.1 Å². The number of ketones is 1. The van der Waals surface area contributed by atoms with Gasteiger partial charge in [0.25, 0.3) is 0 Å². The summed E-state index contributed by atoms with van der Waals surface area (Å²) in [5.41, 5.74) is 3.27. The predicted octanol–water partition coefficient (Wildman–Crippen LogP) is 4.88. The van der Waals surface area contributed by atoms with Crippen molar-refractivity contribution in [1.29, 1.82) is 0 Å². The quantitative estimate of drug-likeness (QED) is 0.699. The lowest BCUT2D eigenvalue weighted by Gasteiger charge is -2.17. The zero-order valence-corrected chi connectivity index (χ0v) is 17.7. The Morgan fingerprint density at radius 1 is 1.07 bits per heavy atom. The third kappa shape index (κ3) is 8.35. The molecule has 148 valence electrons. The highest BCUT2D eigenvalue weighted by atomic mass is 16.1. The SMILES string of the molecule is CC(=O)CC(C)Cc1ccc(C#Cc2cnc(NCCC(C)(C)C)nc2)cc1. The first-order chi connectivity index (χ1) is 13.2. The average Bonchev–Trinajstić information content (AvgIpc) is 2.60. The van der Waals surface area contributed by atoms with Crippen molar-refractivity contribution in [2.45, 2.75) is 53.9 Å². The number of nitrogens with zero attached hydrogens (tertiary/aromatic N) is 2. The van der Waals surface area contributed by atoms with Gasteiger partial charge in [0.1, 0.15) is 5.78 Å². The van der Waals surface area contributed by atoms with E-state index >= 15 is 0 Å². The summed E-state index contributed by atoms with van der Waals surface area (Å²) in [7, 11) is 0. The van der Waals surface area contributed by atoms with Gasteiger partial charge in [-0.3, -0.25) is 0 Å². The Kier molecular flexibility index (Phi) is 7.75. The molecule has 1 atom stereocenters. The second kappa shape index (κ2) is 10.0. The van der Waals surface area contributed by atoms with E-state index in [4.69, 9.17) is 0 Å². The van der Waals surface area contributed by atoms with E-state index in [1.807, 2.05) is 12.1 Å². The van der Waals surface area contributed by atoms with Crippen LogP contribution in [-0.2, 0) is 11.2 Å². The molecule has 0 spiro atoms. The molecule has 2 aromatic rings. The van der Waals surface area contributed by atoms with Gasteiger partial charge in [-0.2, -0.15) is 0 Å². The van der Waals surface area contributed by atoms with E-state index in [1.54, 1.807) is 19.3 Å².